The second kappa shape index (κ2) is 10.7. The second-order valence-corrected chi connectivity index (χ2v) is 10.9. The molecule has 1 saturated heterocycles. The van der Waals surface area contributed by atoms with Crippen LogP contribution >= 0.6 is 27.3 Å². The Morgan fingerprint density at radius 3 is 2.75 bits per heavy atom. The highest BCUT2D eigenvalue weighted by Crippen LogP contribution is 2.35. The van der Waals surface area contributed by atoms with E-state index in [1.165, 1.54) is 22.2 Å². The van der Waals surface area contributed by atoms with Crippen LogP contribution in [-0.2, 0) is 22.6 Å². The SMILES string of the molecule is COc1ccccc1[C@H](Cn1c(=O)n(Cc2ncn[nH]2)c(=O)c2c(C)c(Br)sc21)OC1CCOCC1. The predicted octanol–water partition coefficient (Wildman–Crippen LogP) is 3.41. The molecule has 12 heteroatoms. The molecule has 1 aliphatic heterocycles. The number of methoxy groups -OCH3 is 1. The zero-order valence-corrected chi connectivity index (χ0v) is 22.3. The maximum absolute atomic E-state index is 13.8. The molecular formula is C24H26BrN5O5S. The van der Waals surface area contributed by atoms with E-state index in [-0.39, 0.29) is 24.8 Å². The number of halogens is 1. The van der Waals surface area contributed by atoms with Crippen molar-refractivity contribution in [3.63, 3.8) is 0 Å². The third kappa shape index (κ3) is 4.77. The highest BCUT2D eigenvalue weighted by Gasteiger charge is 2.27. The summed E-state index contributed by atoms with van der Waals surface area (Å²) in [6.07, 6.45) is 2.39. The molecule has 0 bridgehead atoms. The topological polar surface area (TPSA) is 113 Å². The highest BCUT2D eigenvalue weighted by atomic mass is 79.9. The van der Waals surface area contributed by atoms with Gasteiger partial charge in [0.25, 0.3) is 5.56 Å². The number of nitrogens with zero attached hydrogens (tertiary/aromatic N) is 4. The normalized spacial score (nSPS) is 15.4. The van der Waals surface area contributed by atoms with Crippen molar-refractivity contribution in [1.29, 1.82) is 0 Å². The number of benzene rings is 1. The number of ether oxygens (including phenoxy) is 3. The van der Waals surface area contributed by atoms with Crippen molar-refractivity contribution < 1.29 is 14.2 Å². The number of para-hydroxylation sites is 1. The molecule has 0 radical (unpaired) electrons. The minimum atomic E-state index is -0.484. The van der Waals surface area contributed by atoms with E-state index in [4.69, 9.17) is 14.2 Å². The van der Waals surface area contributed by atoms with E-state index in [9.17, 15) is 9.59 Å². The van der Waals surface area contributed by atoms with Crippen LogP contribution in [0.1, 0.15) is 35.9 Å². The summed E-state index contributed by atoms with van der Waals surface area (Å²) < 4.78 is 21.4. The van der Waals surface area contributed by atoms with Crippen molar-refractivity contribution in [3.05, 3.63) is 72.2 Å². The fraction of sp³-hybridized carbons (Fsp3) is 0.417. The van der Waals surface area contributed by atoms with Gasteiger partial charge in [-0.2, -0.15) is 5.10 Å². The van der Waals surface area contributed by atoms with E-state index in [0.717, 1.165) is 27.8 Å². The third-order valence-electron chi connectivity index (χ3n) is 6.37. The average molecular weight is 576 g/mol. The molecule has 10 nitrogen and oxygen atoms in total. The summed E-state index contributed by atoms with van der Waals surface area (Å²) in [6.45, 7) is 3.32. The first-order valence-electron chi connectivity index (χ1n) is 11.6. The number of nitrogens with one attached hydrogen (secondary N) is 1. The number of H-pyrrole nitrogens is 1. The fourth-order valence-corrected chi connectivity index (χ4v) is 6.17. The second-order valence-electron chi connectivity index (χ2n) is 8.58. The Labute approximate surface area is 219 Å². The Morgan fingerprint density at radius 2 is 2.03 bits per heavy atom. The molecule has 1 fully saturated rings. The van der Waals surface area contributed by atoms with Crippen LogP contribution in [0.15, 0.2) is 44.0 Å². The quantitative estimate of drug-likeness (QED) is 0.342. The lowest BCUT2D eigenvalue weighted by atomic mass is 10.1. The third-order valence-corrected chi connectivity index (χ3v) is 8.55. The molecule has 0 aliphatic carbocycles. The number of hydrogen-bond donors (Lipinski definition) is 1. The summed E-state index contributed by atoms with van der Waals surface area (Å²) in [7, 11) is 1.62. The molecule has 4 heterocycles. The summed E-state index contributed by atoms with van der Waals surface area (Å²) in [6, 6.07) is 7.65. The van der Waals surface area contributed by atoms with E-state index in [1.807, 2.05) is 31.2 Å². The molecule has 4 aromatic rings. The number of rotatable bonds is 8. The Kier molecular flexibility index (Phi) is 7.37. The van der Waals surface area contributed by atoms with E-state index in [2.05, 4.69) is 31.1 Å². The maximum atomic E-state index is 13.8. The van der Waals surface area contributed by atoms with Crippen LogP contribution in [0, 0.1) is 6.92 Å². The van der Waals surface area contributed by atoms with Crippen molar-refractivity contribution in [2.24, 2.45) is 0 Å². The number of hydrogen-bond acceptors (Lipinski definition) is 8. The van der Waals surface area contributed by atoms with Gasteiger partial charge in [0.15, 0.2) is 0 Å². The Balaban J connectivity index is 1.65. The highest BCUT2D eigenvalue weighted by molar-refractivity contribution is 9.11. The zero-order chi connectivity index (χ0) is 25.2. The minimum Gasteiger partial charge on any atom is -0.496 e. The van der Waals surface area contributed by atoms with Crippen molar-refractivity contribution in [2.75, 3.05) is 20.3 Å². The molecule has 190 valence electrons. The van der Waals surface area contributed by atoms with Gasteiger partial charge in [-0.15, -0.1) is 11.3 Å². The Morgan fingerprint density at radius 1 is 1.25 bits per heavy atom. The van der Waals surface area contributed by atoms with Crippen LogP contribution < -0.4 is 16.0 Å². The van der Waals surface area contributed by atoms with Crippen LogP contribution in [0.2, 0.25) is 0 Å². The molecule has 0 amide bonds. The van der Waals surface area contributed by atoms with Crippen LogP contribution in [0.3, 0.4) is 0 Å². The molecule has 36 heavy (non-hydrogen) atoms. The van der Waals surface area contributed by atoms with Gasteiger partial charge in [-0.05, 0) is 47.3 Å². The molecular weight excluding hydrogens is 550 g/mol. The van der Waals surface area contributed by atoms with Crippen LogP contribution in [0.4, 0.5) is 0 Å². The van der Waals surface area contributed by atoms with E-state index < -0.39 is 11.8 Å². The molecule has 0 spiro atoms. The summed E-state index contributed by atoms with van der Waals surface area (Å²) in [4.78, 5) is 32.0. The molecule has 0 unspecified atom stereocenters. The van der Waals surface area contributed by atoms with Gasteiger partial charge in [0.2, 0.25) is 0 Å². The van der Waals surface area contributed by atoms with Crippen molar-refractivity contribution >= 4 is 37.5 Å². The van der Waals surface area contributed by atoms with E-state index >= 15 is 0 Å². The van der Waals surface area contributed by atoms with Crippen molar-refractivity contribution in [3.8, 4) is 5.75 Å². The maximum Gasteiger partial charge on any atom is 0.332 e. The van der Waals surface area contributed by atoms with Crippen molar-refractivity contribution in [2.45, 2.75) is 45.1 Å². The van der Waals surface area contributed by atoms with Crippen LogP contribution in [0.25, 0.3) is 10.2 Å². The number of aryl methyl sites for hydroxylation is 1. The van der Waals surface area contributed by atoms with Gasteiger partial charge in [-0.3, -0.25) is 19.0 Å². The van der Waals surface area contributed by atoms with Crippen LogP contribution in [-0.4, -0.2) is 50.7 Å². The van der Waals surface area contributed by atoms with Crippen LogP contribution in [0.5, 0.6) is 5.75 Å². The summed E-state index contributed by atoms with van der Waals surface area (Å²) >= 11 is 4.93. The molecule has 3 aromatic heterocycles. The lowest BCUT2D eigenvalue weighted by Crippen LogP contribution is -2.41. The lowest BCUT2D eigenvalue weighted by Gasteiger charge is -2.29. The number of aromatic amines is 1. The number of aromatic nitrogens is 5. The minimum absolute atomic E-state index is 0.0132. The largest absolute Gasteiger partial charge is 0.496 e. The number of fused-ring (bicyclic) bond motifs is 1. The average Bonchev–Trinajstić information content (AvgIpc) is 3.52. The van der Waals surface area contributed by atoms with Gasteiger partial charge in [0.05, 0.1) is 35.5 Å². The molecule has 1 N–H and O–H groups in total. The molecule has 0 saturated carbocycles. The van der Waals surface area contributed by atoms with Gasteiger partial charge in [-0.1, -0.05) is 18.2 Å². The summed E-state index contributed by atoms with van der Waals surface area (Å²) in [5.41, 5.74) is 0.834. The fourth-order valence-electron chi connectivity index (χ4n) is 4.48. The van der Waals surface area contributed by atoms with Gasteiger partial charge < -0.3 is 14.2 Å². The first-order valence-corrected chi connectivity index (χ1v) is 13.2. The van der Waals surface area contributed by atoms with Gasteiger partial charge in [0, 0.05) is 18.8 Å². The van der Waals surface area contributed by atoms with Gasteiger partial charge in [-0.25, -0.2) is 9.78 Å². The predicted molar refractivity (Wildman–Crippen MR) is 139 cm³/mol. The summed E-state index contributed by atoms with van der Waals surface area (Å²) in [5, 5.41) is 7.08. The number of thiophene rings is 1. The first-order chi connectivity index (χ1) is 17.5. The smallest absolute Gasteiger partial charge is 0.332 e. The van der Waals surface area contributed by atoms with Gasteiger partial charge in [0.1, 0.15) is 28.8 Å². The van der Waals surface area contributed by atoms with Gasteiger partial charge >= 0.3 is 5.69 Å². The molecule has 1 aliphatic rings. The standard InChI is InChI=1S/C24H26BrN5O5S/c1-14-20-22(31)29(12-19-26-13-27-28-19)24(32)30(23(20)36-21(14)25)11-18(35-15-7-9-34-10-8-15)16-5-3-4-6-17(16)33-2/h3-6,13,15,18H,7-12H2,1-2H3,(H,26,27,28)/t18-/m0/s1. The summed E-state index contributed by atoms with van der Waals surface area (Å²) in [5.74, 6) is 1.10. The Bertz CT molecular complexity index is 1470. The van der Waals surface area contributed by atoms with E-state index in [0.29, 0.717) is 35.0 Å². The van der Waals surface area contributed by atoms with Crippen molar-refractivity contribution in [1.82, 2.24) is 24.3 Å². The Hall–Kier alpha value is -2.80. The lowest BCUT2D eigenvalue weighted by molar-refractivity contribution is -0.0753. The molecule has 1 atom stereocenters. The molecule has 5 rings (SSSR count). The first kappa shape index (κ1) is 24.9. The molecule has 1 aromatic carbocycles. The monoisotopic (exact) mass is 575 g/mol. The van der Waals surface area contributed by atoms with E-state index in [1.54, 1.807) is 11.7 Å². The zero-order valence-electron chi connectivity index (χ0n) is 19.9.